The van der Waals surface area contributed by atoms with Crippen molar-refractivity contribution in [2.75, 3.05) is 19.8 Å². The molecule has 1 N–H and O–H groups in total. The number of aryl methyl sites for hydroxylation is 1. The van der Waals surface area contributed by atoms with E-state index in [-0.39, 0.29) is 12.2 Å². The Bertz CT molecular complexity index is 430. The first-order valence-corrected chi connectivity index (χ1v) is 8.77. The number of nitrogens with one attached hydrogen (secondary N) is 1. The van der Waals surface area contributed by atoms with Crippen LogP contribution in [-0.2, 0) is 20.7 Å². The Labute approximate surface area is 144 Å². The molecule has 1 aromatic carbocycles. The molecule has 0 aliphatic heterocycles. The molecular formula is C18H28ClNO3. The van der Waals surface area contributed by atoms with Crippen molar-refractivity contribution in [3.8, 4) is 0 Å². The molecule has 0 atom stereocenters. The molecule has 130 valence electrons. The van der Waals surface area contributed by atoms with Crippen LogP contribution in [0.25, 0.3) is 0 Å². The molecule has 0 aliphatic rings. The molecule has 23 heavy (non-hydrogen) atoms. The second kappa shape index (κ2) is 12.3. The number of rotatable bonds is 12. The van der Waals surface area contributed by atoms with Gasteiger partial charge in [0, 0.05) is 37.6 Å². The summed E-state index contributed by atoms with van der Waals surface area (Å²) in [4.78, 5) is 11.8. The number of hydrogen-bond acceptors (Lipinski definition) is 3. The number of ether oxygens (including phenoxy) is 2. The summed E-state index contributed by atoms with van der Waals surface area (Å²) in [6, 6.07) is 7.76. The fourth-order valence-electron chi connectivity index (χ4n) is 2.28. The van der Waals surface area contributed by atoms with Crippen LogP contribution in [0.1, 0.15) is 45.1 Å². The molecule has 5 heteroatoms. The summed E-state index contributed by atoms with van der Waals surface area (Å²) < 4.78 is 10.9. The predicted octanol–water partition coefficient (Wildman–Crippen LogP) is 3.96. The molecule has 4 nitrogen and oxygen atoms in total. The van der Waals surface area contributed by atoms with Crippen LogP contribution < -0.4 is 5.32 Å². The average molecular weight is 342 g/mol. The van der Waals surface area contributed by atoms with Gasteiger partial charge in [-0.1, -0.05) is 23.7 Å². The minimum atomic E-state index is -0.160. The highest BCUT2D eigenvalue weighted by molar-refractivity contribution is 6.30. The zero-order valence-corrected chi connectivity index (χ0v) is 14.9. The van der Waals surface area contributed by atoms with Crippen LogP contribution in [0.2, 0.25) is 5.02 Å². The van der Waals surface area contributed by atoms with Gasteiger partial charge in [0.25, 0.3) is 0 Å². The van der Waals surface area contributed by atoms with Gasteiger partial charge in [-0.05, 0) is 50.8 Å². The zero-order valence-electron chi connectivity index (χ0n) is 14.1. The van der Waals surface area contributed by atoms with Crippen molar-refractivity contribution < 1.29 is 14.3 Å². The summed E-state index contributed by atoms with van der Waals surface area (Å²) in [5.74, 6) is 0.100. The van der Waals surface area contributed by atoms with Gasteiger partial charge in [0.15, 0.2) is 6.29 Å². The van der Waals surface area contributed by atoms with Crippen LogP contribution in [0.3, 0.4) is 0 Å². The smallest absolute Gasteiger partial charge is 0.220 e. The minimum absolute atomic E-state index is 0.100. The average Bonchev–Trinajstić information content (AvgIpc) is 2.54. The van der Waals surface area contributed by atoms with Crippen molar-refractivity contribution >= 4 is 17.5 Å². The van der Waals surface area contributed by atoms with Gasteiger partial charge in [-0.15, -0.1) is 0 Å². The minimum Gasteiger partial charge on any atom is -0.356 e. The zero-order chi connectivity index (χ0) is 16.9. The Morgan fingerprint density at radius 1 is 1.13 bits per heavy atom. The van der Waals surface area contributed by atoms with Crippen LogP contribution in [0, 0.1) is 0 Å². The highest BCUT2D eigenvalue weighted by Gasteiger charge is 2.08. The number of carbonyl (C=O) groups excluding carboxylic acids is 1. The third-order valence-corrected chi connectivity index (χ3v) is 3.68. The van der Waals surface area contributed by atoms with Gasteiger partial charge < -0.3 is 14.8 Å². The Morgan fingerprint density at radius 2 is 1.78 bits per heavy atom. The van der Waals surface area contributed by atoms with E-state index in [0.717, 1.165) is 30.7 Å². The molecule has 0 aliphatic carbocycles. The largest absolute Gasteiger partial charge is 0.356 e. The highest BCUT2D eigenvalue weighted by atomic mass is 35.5. The van der Waals surface area contributed by atoms with Gasteiger partial charge in [0.05, 0.1) is 0 Å². The van der Waals surface area contributed by atoms with E-state index >= 15 is 0 Å². The summed E-state index contributed by atoms with van der Waals surface area (Å²) in [7, 11) is 0. The molecule has 0 aromatic heterocycles. The third kappa shape index (κ3) is 9.59. The van der Waals surface area contributed by atoms with E-state index in [9.17, 15) is 4.79 Å². The fourth-order valence-corrected chi connectivity index (χ4v) is 2.40. The summed E-state index contributed by atoms with van der Waals surface area (Å²) in [5.41, 5.74) is 1.21. The Kier molecular flexibility index (Phi) is 10.7. The van der Waals surface area contributed by atoms with Gasteiger partial charge in [0.1, 0.15) is 0 Å². The molecule has 0 radical (unpaired) electrons. The summed E-state index contributed by atoms with van der Waals surface area (Å²) in [6.45, 7) is 5.85. The van der Waals surface area contributed by atoms with Crippen molar-refractivity contribution in [1.82, 2.24) is 5.32 Å². The molecule has 0 unspecified atom stereocenters. The first kappa shape index (κ1) is 19.9. The van der Waals surface area contributed by atoms with Crippen molar-refractivity contribution in [1.29, 1.82) is 0 Å². The Morgan fingerprint density at radius 3 is 2.39 bits per heavy atom. The lowest BCUT2D eigenvalue weighted by molar-refractivity contribution is -0.140. The van der Waals surface area contributed by atoms with E-state index < -0.39 is 0 Å². The number of hydrogen-bond donors (Lipinski definition) is 1. The van der Waals surface area contributed by atoms with Crippen molar-refractivity contribution in [2.45, 2.75) is 52.2 Å². The van der Waals surface area contributed by atoms with Gasteiger partial charge >= 0.3 is 0 Å². The number of benzene rings is 1. The summed E-state index contributed by atoms with van der Waals surface area (Å²) in [5, 5.41) is 3.69. The first-order chi connectivity index (χ1) is 11.2. The fraction of sp³-hybridized carbons (Fsp3) is 0.611. The molecule has 0 saturated heterocycles. The molecule has 0 fully saturated rings. The molecule has 1 aromatic rings. The van der Waals surface area contributed by atoms with Crippen LogP contribution >= 0.6 is 11.6 Å². The first-order valence-electron chi connectivity index (χ1n) is 8.40. The standard InChI is InChI=1S/C18H28ClNO3/c1-3-22-18(23-4-2)9-6-14-20-17(21)8-5-7-15-10-12-16(19)13-11-15/h10-13,18H,3-9,14H2,1-2H3,(H,20,21). The Balaban J connectivity index is 2.08. The monoisotopic (exact) mass is 341 g/mol. The van der Waals surface area contributed by atoms with Crippen LogP contribution in [0.4, 0.5) is 0 Å². The SMILES string of the molecule is CCOC(CCCNC(=O)CCCc1ccc(Cl)cc1)OCC. The van der Waals surface area contributed by atoms with E-state index in [1.807, 2.05) is 38.1 Å². The van der Waals surface area contributed by atoms with Gasteiger partial charge in [-0.25, -0.2) is 0 Å². The lowest BCUT2D eigenvalue weighted by Crippen LogP contribution is -2.26. The summed E-state index contributed by atoms with van der Waals surface area (Å²) in [6.07, 6.45) is 3.77. The van der Waals surface area contributed by atoms with E-state index in [2.05, 4.69) is 5.32 Å². The second-order valence-electron chi connectivity index (χ2n) is 5.31. The molecule has 1 amide bonds. The molecule has 0 spiro atoms. The molecule has 0 bridgehead atoms. The molecule has 0 heterocycles. The maximum atomic E-state index is 11.8. The summed E-state index contributed by atoms with van der Waals surface area (Å²) >= 11 is 5.85. The van der Waals surface area contributed by atoms with Crippen LogP contribution in [0.15, 0.2) is 24.3 Å². The van der Waals surface area contributed by atoms with Crippen LogP contribution in [0.5, 0.6) is 0 Å². The lowest BCUT2D eigenvalue weighted by atomic mass is 10.1. The topological polar surface area (TPSA) is 47.6 Å². The van der Waals surface area contributed by atoms with Crippen molar-refractivity contribution in [2.24, 2.45) is 0 Å². The maximum Gasteiger partial charge on any atom is 0.220 e. The van der Waals surface area contributed by atoms with Gasteiger partial charge in [0.2, 0.25) is 5.91 Å². The van der Waals surface area contributed by atoms with Crippen LogP contribution in [-0.4, -0.2) is 32.0 Å². The van der Waals surface area contributed by atoms with E-state index in [4.69, 9.17) is 21.1 Å². The van der Waals surface area contributed by atoms with Gasteiger partial charge in [-0.2, -0.15) is 0 Å². The molecule has 1 rings (SSSR count). The Hall–Kier alpha value is -1.10. The van der Waals surface area contributed by atoms with E-state index in [0.29, 0.717) is 26.2 Å². The normalized spacial score (nSPS) is 11.0. The quantitative estimate of drug-likeness (QED) is 0.462. The van der Waals surface area contributed by atoms with E-state index in [1.54, 1.807) is 0 Å². The number of carbonyl (C=O) groups is 1. The van der Waals surface area contributed by atoms with Gasteiger partial charge in [-0.3, -0.25) is 4.79 Å². The second-order valence-corrected chi connectivity index (χ2v) is 5.75. The number of halogens is 1. The molecule has 0 saturated carbocycles. The molecular weight excluding hydrogens is 314 g/mol. The number of amides is 1. The maximum absolute atomic E-state index is 11.8. The van der Waals surface area contributed by atoms with Crippen molar-refractivity contribution in [3.63, 3.8) is 0 Å². The third-order valence-electron chi connectivity index (χ3n) is 3.43. The predicted molar refractivity (Wildman–Crippen MR) is 93.7 cm³/mol. The lowest BCUT2D eigenvalue weighted by Gasteiger charge is -2.16. The van der Waals surface area contributed by atoms with Crippen molar-refractivity contribution in [3.05, 3.63) is 34.9 Å². The highest BCUT2D eigenvalue weighted by Crippen LogP contribution is 2.11. The van der Waals surface area contributed by atoms with E-state index in [1.165, 1.54) is 5.56 Å².